The molecule has 2 aliphatic carbocycles. The summed E-state index contributed by atoms with van der Waals surface area (Å²) in [6, 6.07) is 0. The van der Waals surface area contributed by atoms with Gasteiger partial charge in [0.1, 0.15) is 6.10 Å². The first-order chi connectivity index (χ1) is 6.67. The smallest absolute Gasteiger partial charge is 0.312 e. The topological polar surface area (TPSA) is 46.5 Å². The van der Waals surface area contributed by atoms with Gasteiger partial charge >= 0.3 is 5.97 Å². The van der Waals surface area contributed by atoms with E-state index >= 15 is 0 Å². The number of aliphatic hydroxyl groups excluding tert-OH is 1. The first kappa shape index (κ1) is 8.72. The van der Waals surface area contributed by atoms with E-state index in [9.17, 15) is 9.90 Å². The third-order valence-corrected chi connectivity index (χ3v) is 4.80. The van der Waals surface area contributed by atoms with E-state index < -0.39 is 0 Å². The third kappa shape index (κ3) is 0.761. The molecule has 5 atom stereocenters. The van der Waals surface area contributed by atoms with Crippen molar-refractivity contribution >= 4 is 5.97 Å². The third-order valence-electron chi connectivity index (χ3n) is 4.80. The maximum atomic E-state index is 11.8. The van der Waals surface area contributed by atoms with Gasteiger partial charge in [0, 0.05) is 5.92 Å². The molecule has 3 rings (SSSR count). The van der Waals surface area contributed by atoms with Gasteiger partial charge in [0.2, 0.25) is 0 Å². The van der Waals surface area contributed by atoms with Crippen molar-refractivity contribution in [3.8, 4) is 0 Å². The van der Waals surface area contributed by atoms with Gasteiger partial charge in [-0.2, -0.15) is 0 Å². The monoisotopic (exact) mass is 196 g/mol. The molecule has 14 heavy (non-hydrogen) atoms. The van der Waals surface area contributed by atoms with E-state index in [1.54, 1.807) is 0 Å². The van der Waals surface area contributed by atoms with Gasteiger partial charge in [-0.3, -0.25) is 4.79 Å². The Bertz CT molecular complexity index is 288. The van der Waals surface area contributed by atoms with Crippen LogP contribution in [0.25, 0.3) is 0 Å². The molecular formula is C11H16O3. The maximum Gasteiger partial charge on any atom is 0.312 e. The fraction of sp³-hybridized carbons (Fsp3) is 0.909. The van der Waals surface area contributed by atoms with Crippen molar-refractivity contribution in [1.29, 1.82) is 0 Å². The number of rotatable bonds is 1. The molecule has 2 bridgehead atoms. The lowest BCUT2D eigenvalue weighted by Gasteiger charge is -2.32. The molecule has 0 radical (unpaired) electrons. The van der Waals surface area contributed by atoms with Gasteiger partial charge in [0.05, 0.1) is 12.0 Å². The highest BCUT2D eigenvalue weighted by Gasteiger charge is 2.66. The average molecular weight is 196 g/mol. The number of hydrogen-bond donors (Lipinski definition) is 1. The van der Waals surface area contributed by atoms with Crippen molar-refractivity contribution in [3.05, 3.63) is 0 Å². The Morgan fingerprint density at radius 2 is 2.36 bits per heavy atom. The quantitative estimate of drug-likeness (QED) is 0.635. The summed E-state index contributed by atoms with van der Waals surface area (Å²) in [6.45, 7) is 2.04. The summed E-state index contributed by atoms with van der Waals surface area (Å²) in [5.74, 6) is 1.36. The molecule has 3 heteroatoms. The molecule has 3 nitrogen and oxygen atoms in total. The lowest BCUT2D eigenvalue weighted by atomic mass is 9.67. The predicted octanol–water partition coefficient (Wildman–Crippen LogP) is 0.956. The lowest BCUT2D eigenvalue weighted by molar-refractivity contribution is -0.151. The van der Waals surface area contributed by atoms with E-state index in [1.165, 1.54) is 19.3 Å². The van der Waals surface area contributed by atoms with Crippen LogP contribution in [0.15, 0.2) is 0 Å². The lowest BCUT2D eigenvalue weighted by Crippen LogP contribution is -2.37. The Labute approximate surface area is 83.4 Å². The molecule has 78 valence electrons. The zero-order valence-corrected chi connectivity index (χ0v) is 8.40. The van der Waals surface area contributed by atoms with Gasteiger partial charge in [0.25, 0.3) is 0 Å². The van der Waals surface area contributed by atoms with Gasteiger partial charge < -0.3 is 9.84 Å². The van der Waals surface area contributed by atoms with E-state index in [2.05, 4.69) is 0 Å². The number of carbonyl (C=O) groups is 1. The summed E-state index contributed by atoms with van der Waals surface area (Å²) in [7, 11) is 0. The Balaban J connectivity index is 2.02. The number of fused-ring (bicyclic) bond motifs is 5. The molecule has 1 saturated heterocycles. The SMILES string of the molecule is CC12C(=O)OC(CO)C1C1CCC2C1. The molecule has 1 aliphatic heterocycles. The Hall–Kier alpha value is -0.570. The van der Waals surface area contributed by atoms with Crippen molar-refractivity contribution in [2.45, 2.75) is 32.3 Å². The van der Waals surface area contributed by atoms with Crippen LogP contribution in [0.1, 0.15) is 26.2 Å². The minimum atomic E-state index is -0.268. The molecule has 0 aromatic heterocycles. The largest absolute Gasteiger partial charge is 0.459 e. The van der Waals surface area contributed by atoms with Gasteiger partial charge in [0.15, 0.2) is 0 Å². The minimum absolute atomic E-state index is 0.00475. The maximum absolute atomic E-state index is 11.8. The van der Waals surface area contributed by atoms with Crippen molar-refractivity contribution in [1.82, 2.24) is 0 Å². The molecule has 2 saturated carbocycles. The van der Waals surface area contributed by atoms with Crippen LogP contribution in [0.5, 0.6) is 0 Å². The summed E-state index contributed by atoms with van der Waals surface area (Å²) >= 11 is 0. The van der Waals surface area contributed by atoms with E-state index in [0.717, 1.165) is 0 Å². The number of ether oxygens (including phenoxy) is 1. The normalized spacial score (nSPS) is 54.9. The molecule has 5 unspecified atom stereocenters. The Kier molecular flexibility index (Phi) is 1.56. The second-order valence-electron chi connectivity index (χ2n) is 5.20. The highest BCUT2D eigenvalue weighted by Crippen LogP contribution is 2.64. The van der Waals surface area contributed by atoms with Crippen molar-refractivity contribution < 1.29 is 14.6 Å². The van der Waals surface area contributed by atoms with Crippen molar-refractivity contribution in [3.63, 3.8) is 0 Å². The van der Waals surface area contributed by atoms with E-state index in [4.69, 9.17) is 4.74 Å². The van der Waals surface area contributed by atoms with E-state index in [1.807, 2.05) is 6.92 Å². The van der Waals surface area contributed by atoms with Gasteiger partial charge in [-0.15, -0.1) is 0 Å². The molecule has 1 N–H and O–H groups in total. The molecule has 3 fully saturated rings. The fourth-order valence-electron chi connectivity index (χ4n) is 4.13. The van der Waals surface area contributed by atoms with Gasteiger partial charge in [-0.05, 0) is 38.0 Å². The van der Waals surface area contributed by atoms with E-state index in [-0.39, 0.29) is 24.1 Å². The van der Waals surface area contributed by atoms with Crippen LogP contribution in [-0.2, 0) is 9.53 Å². The minimum Gasteiger partial charge on any atom is -0.459 e. The number of hydrogen-bond acceptors (Lipinski definition) is 3. The van der Waals surface area contributed by atoms with Crippen LogP contribution in [0.3, 0.4) is 0 Å². The number of esters is 1. The van der Waals surface area contributed by atoms with E-state index in [0.29, 0.717) is 17.8 Å². The first-order valence-corrected chi connectivity index (χ1v) is 5.50. The second kappa shape index (κ2) is 2.51. The van der Waals surface area contributed by atoms with Gasteiger partial charge in [-0.25, -0.2) is 0 Å². The van der Waals surface area contributed by atoms with Gasteiger partial charge in [-0.1, -0.05) is 0 Å². The predicted molar refractivity (Wildman–Crippen MR) is 49.4 cm³/mol. The summed E-state index contributed by atoms with van der Waals surface area (Å²) in [5.41, 5.74) is -0.268. The molecule has 0 amide bonds. The molecule has 0 aromatic rings. The van der Waals surface area contributed by atoms with Crippen LogP contribution in [-0.4, -0.2) is 23.8 Å². The summed E-state index contributed by atoms with van der Waals surface area (Å²) < 4.78 is 5.27. The standard InChI is InChI=1S/C11H16O3/c1-11-7-3-2-6(4-7)9(11)8(5-12)14-10(11)13/h6-9,12H,2-5H2,1H3. The molecule has 1 heterocycles. The number of carbonyl (C=O) groups excluding carboxylic acids is 1. The summed E-state index contributed by atoms with van der Waals surface area (Å²) in [6.07, 6.45) is 3.35. The average Bonchev–Trinajstić information content (AvgIpc) is 2.78. The molecular weight excluding hydrogens is 180 g/mol. The number of cyclic esters (lactones) is 1. The molecule has 0 aromatic carbocycles. The molecule has 3 aliphatic rings. The van der Waals surface area contributed by atoms with Crippen LogP contribution in [0, 0.1) is 23.2 Å². The second-order valence-corrected chi connectivity index (χ2v) is 5.20. The zero-order valence-electron chi connectivity index (χ0n) is 8.40. The highest BCUT2D eigenvalue weighted by atomic mass is 16.6. The van der Waals surface area contributed by atoms with Crippen LogP contribution in [0.4, 0.5) is 0 Å². The van der Waals surface area contributed by atoms with Crippen molar-refractivity contribution in [2.75, 3.05) is 6.61 Å². The van der Waals surface area contributed by atoms with Crippen LogP contribution >= 0.6 is 0 Å². The fourth-order valence-corrected chi connectivity index (χ4v) is 4.13. The van der Waals surface area contributed by atoms with Crippen LogP contribution in [0.2, 0.25) is 0 Å². The van der Waals surface area contributed by atoms with Crippen molar-refractivity contribution in [2.24, 2.45) is 23.2 Å². The first-order valence-electron chi connectivity index (χ1n) is 5.50. The number of aliphatic hydroxyl groups is 1. The molecule has 0 spiro atoms. The van der Waals surface area contributed by atoms with Crippen LogP contribution < -0.4 is 0 Å². The Morgan fingerprint density at radius 3 is 3.07 bits per heavy atom. The Morgan fingerprint density at radius 1 is 1.57 bits per heavy atom. The summed E-state index contributed by atoms with van der Waals surface area (Å²) in [4.78, 5) is 11.8. The summed E-state index contributed by atoms with van der Waals surface area (Å²) in [5, 5.41) is 9.20. The zero-order chi connectivity index (χ0) is 9.92. The highest BCUT2D eigenvalue weighted by molar-refractivity contribution is 5.80.